The van der Waals surface area contributed by atoms with Crippen LogP contribution in [0.25, 0.3) is 0 Å². The van der Waals surface area contributed by atoms with Gasteiger partial charge in [0, 0.05) is 18.2 Å². The number of hydrogen-bond donors (Lipinski definition) is 1. The lowest BCUT2D eigenvalue weighted by Crippen LogP contribution is -2.32. The summed E-state index contributed by atoms with van der Waals surface area (Å²) < 4.78 is 26.5. The third-order valence-corrected chi connectivity index (χ3v) is 5.10. The van der Waals surface area contributed by atoms with Crippen molar-refractivity contribution in [3.8, 4) is 11.8 Å². The number of hydrogen-bond acceptors (Lipinski definition) is 3. The van der Waals surface area contributed by atoms with Crippen molar-refractivity contribution in [1.82, 2.24) is 4.31 Å². The quantitative estimate of drug-likeness (QED) is 0.841. The number of nitrogens with two attached hydrogens (primary N) is 1. The average Bonchev–Trinajstić information content (AvgIpc) is 3.22. The third-order valence-electron chi connectivity index (χ3n) is 3.06. The summed E-state index contributed by atoms with van der Waals surface area (Å²) >= 11 is 0. The Balaban J connectivity index is 2.25. The van der Waals surface area contributed by atoms with Crippen molar-refractivity contribution in [2.45, 2.75) is 30.7 Å². The molecule has 5 heteroatoms. The van der Waals surface area contributed by atoms with Gasteiger partial charge in [-0.2, -0.15) is 4.31 Å². The first-order chi connectivity index (χ1) is 9.09. The largest absolute Gasteiger partial charge is 0.320 e. The zero-order valence-corrected chi connectivity index (χ0v) is 11.8. The highest BCUT2D eigenvalue weighted by Crippen LogP contribution is 2.31. The van der Waals surface area contributed by atoms with E-state index < -0.39 is 10.0 Å². The molecule has 0 radical (unpaired) electrons. The highest BCUT2D eigenvalue weighted by atomic mass is 32.2. The lowest BCUT2D eigenvalue weighted by atomic mass is 10.2. The van der Waals surface area contributed by atoms with Gasteiger partial charge in [-0.15, -0.1) is 0 Å². The Kier molecular flexibility index (Phi) is 4.25. The van der Waals surface area contributed by atoms with Crippen LogP contribution in [-0.4, -0.2) is 31.9 Å². The van der Waals surface area contributed by atoms with Crippen molar-refractivity contribution in [2.24, 2.45) is 5.73 Å². The van der Waals surface area contributed by atoms with Gasteiger partial charge in [-0.25, -0.2) is 8.42 Å². The summed E-state index contributed by atoms with van der Waals surface area (Å²) in [6.07, 6.45) is 1.93. The molecular weight excluding hydrogens is 260 g/mol. The van der Waals surface area contributed by atoms with E-state index in [0.717, 1.165) is 18.4 Å². The number of sulfonamides is 1. The first kappa shape index (κ1) is 14.1. The maximum absolute atomic E-state index is 12.4. The van der Waals surface area contributed by atoms with E-state index in [1.54, 1.807) is 28.6 Å². The molecule has 0 amide bonds. The summed E-state index contributed by atoms with van der Waals surface area (Å²) in [7, 11) is -3.36. The van der Waals surface area contributed by atoms with E-state index >= 15 is 0 Å². The van der Waals surface area contributed by atoms with Crippen LogP contribution in [0.2, 0.25) is 0 Å². The molecule has 0 heterocycles. The fourth-order valence-electron chi connectivity index (χ4n) is 1.99. The van der Waals surface area contributed by atoms with Crippen molar-refractivity contribution < 1.29 is 8.42 Å². The SMILES string of the molecule is CCN(C1CC1)S(=O)(=O)c1ccc(C#CCN)cc1. The Hall–Kier alpha value is -1.35. The Bertz CT molecular complexity index is 593. The second kappa shape index (κ2) is 5.74. The fourth-order valence-corrected chi connectivity index (χ4v) is 3.68. The van der Waals surface area contributed by atoms with Gasteiger partial charge < -0.3 is 5.73 Å². The van der Waals surface area contributed by atoms with E-state index in [1.807, 2.05) is 6.92 Å². The molecule has 1 fully saturated rings. The fraction of sp³-hybridized carbons (Fsp3) is 0.429. The number of rotatable bonds is 4. The molecule has 4 nitrogen and oxygen atoms in total. The van der Waals surface area contributed by atoms with E-state index in [-0.39, 0.29) is 6.04 Å². The summed E-state index contributed by atoms with van der Waals surface area (Å²) in [5.41, 5.74) is 6.07. The standard InChI is InChI=1S/C14H18N2O2S/c1-2-16(13-7-8-13)19(17,18)14-9-5-12(6-10-14)4-3-11-15/h5-6,9-10,13H,2,7-8,11,15H2,1H3. The van der Waals surface area contributed by atoms with Crippen LogP contribution in [0.5, 0.6) is 0 Å². The van der Waals surface area contributed by atoms with Gasteiger partial charge in [0.2, 0.25) is 10.0 Å². The minimum atomic E-state index is -3.36. The Morgan fingerprint density at radius 2 is 1.95 bits per heavy atom. The van der Waals surface area contributed by atoms with Crippen LogP contribution in [0, 0.1) is 11.8 Å². The predicted molar refractivity (Wildman–Crippen MR) is 75.0 cm³/mol. The minimum absolute atomic E-state index is 0.187. The van der Waals surface area contributed by atoms with Gasteiger partial charge >= 0.3 is 0 Å². The van der Waals surface area contributed by atoms with E-state index in [1.165, 1.54) is 0 Å². The van der Waals surface area contributed by atoms with Gasteiger partial charge in [0.15, 0.2) is 0 Å². The molecule has 0 aliphatic heterocycles. The van der Waals surface area contributed by atoms with Crippen molar-refractivity contribution in [2.75, 3.05) is 13.1 Å². The van der Waals surface area contributed by atoms with E-state index in [2.05, 4.69) is 11.8 Å². The van der Waals surface area contributed by atoms with Crippen LogP contribution in [0.4, 0.5) is 0 Å². The Morgan fingerprint density at radius 1 is 1.32 bits per heavy atom. The molecule has 0 spiro atoms. The van der Waals surface area contributed by atoms with Gasteiger partial charge in [-0.1, -0.05) is 18.8 Å². The van der Waals surface area contributed by atoms with Crippen molar-refractivity contribution in [3.63, 3.8) is 0 Å². The van der Waals surface area contributed by atoms with Gasteiger partial charge in [0.1, 0.15) is 0 Å². The highest BCUT2D eigenvalue weighted by molar-refractivity contribution is 7.89. The molecule has 1 aliphatic carbocycles. The molecule has 2 rings (SSSR count). The Morgan fingerprint density at radius 3 is 2.42 bits per heavy atom. The van der Waals surface area contributed by atoms with Crippen LogP contribution in [0.1, 0.15) is 25.3 Å². The lowest BCUT2D eigenvalue weighted by molar-refractivity contribution is 0.421. The first-order valence-electron chi connectivity index (χ1n) is 6.40. The van der Waals surface area contributed by atoms with Crippen LogP contribution < -0.4 is 5.73 Å². The molecular formula is C14H18N2O2S. The second-order valence-electron chi connectivity index (χ2n) is 4.47. The Labute approximate surface area is 114 Å². The van der Waals surface area contributed by atoms with Crippen LogP contribution in [-0.2, 0) is 10.0 Å². The molecule has 1 aliphatic rings. The maximum Gasteiger partial charge on any atom is 0.243 e. The maximum atomic E-state index is 12.4. The van der Waals surface area contributed by atoms with Crippen molar-refractivity contribution in [3.05, 3.63) is 29.8 Å². The summed E-state index contributed by atoms with van der Waals surface area (Å²) in [6, 6.07) is 6.85. The highest BCUT2D eigenvalue weighted by Gasteiger charge is 2.36. The lowest BCUT2D eigenvalue weighted by Gasteiger charge is -2.19. The van der Waals surface area contributed by atoms with Crippen LogP contribution in [0.3, 0.4) is 0 Å². The molecule has 0 aromatic heterocycles. The topological polar surface area (TPSA) is 63.4 Å². The van der Waals surface area contributed by atoms with Crippen molar-refractivity contribution in [1.29, 1.82) is 0 Å². The average molecular weight is 278 g/mol. The summed E-state index contributed by atoms with van der Waals surface area (Å²) in [5, 5.41) is 0. The van der Waals surface area contributed by atoms with E-state index in [0.29, 0.717) is 18.0 Å². The van der Waals surface area contributed by atoms with Crippen LogP contribution >= 0.6 is 0 Å². The zero-order chi connectivity index (χ0) is 13.9. The molecule has 0 atom stereocenters. The van der Waals surface area contributed by atoms with Gasteiger partial charge in [0.05, 0.1) is 11.4 Å². The number of nitrogens with zero attached hydrogens (tertiary/aromatic N) is 1. The molecule has 2 N–H and O–H groups in total. The van der Waals surface area contributed by atoms with Crippen LogP contribution in [0.15, 0.2) is 29.2 Å². The van der Waals surface area contributed by atoms with Gasteiger partial charge in [0.25, 0.3) is 0 Å². The third kappa shape index (κ3) is 3.16. The van der Waals surface area contributed by atoms with Crippen molar-refractivity contribution >= 4 is 10.0 Å². The minimum Gasteiger partial charge on any atom is -0.320 e. The molecule has 0 unspecified atom stereocenters. The van der Waals surface area contributed by atoms with Gasteiger partial charge in [-0.05, 0) is 37.1 Å². The molecule has 1 saturated carbocycles. The first-order valence-corrected chi connectivity index (χ1v) is 7.84. The summed E-state index contributed by atoms with van der Waals surface area (Å²) in [6.45, 7) is 2.68. The smallest absolute Gasteiger partial charge is 0.243 e. The summed E-state index contributed by atoms with van der Waals surface area (Å²) in [5.74, 6) is 5.62. The molecule has 0 bridgehead atoms. The van der Waals surface area contributed by atoms with Gasteiger partial charge in [-0.3, -0.25) is 0 Å². The predicted octanol–water partition coefficient (Wildman–Crippen LogP) is 1.17. The second-order valence-corrected chi connectivity index (χ2v) is 6.36. The number of benzene rings is 1. The zero-order valence-electron chi connectivity index (χ0n) is 11.0. The summed E-state index contributed by atoms with van der Waals surface area (Å²) in [4.78, 5) is 0.333. The molecule has 102 valence electrons. The monoisotopic (exact) mass is 278 g/mol. The van der Waals surface area contributed by atoms with E-state index in [9.17, 15) is 8.42 Å². The normalized spacial score (nSPS) is 15.1. The molecule has 1 aromatic carbocycles. The molecule has 19 heavy (non-hydrogen) atoms. The van der Waals surface area contributed by atoms with E-state index in [4.69, 9.17) is 5.73 Å². The molecule has 1 aromatic rings. The molecule has 0 saturated heterocycles.